The van der Waals surface area contributed by atoms with E-state index in [1.165, 1.54) is 0 Å². The maximum Gasteiger partial charge on any atom is 0.119 e. The van der Waals surface area contributed by atoms with Crippen molar-refractivity contribution in [1.82, 2.24) is 4.90 Å². The van der Waals surface area contributed by atoms with Crippen LogP contribution < -0.4 is 9.64 Å². The van der Waals surface area contributed by atoms with Crippen molar-refractivity contribution in [1.29, 1.82) is 0 Å². The van der Waals surface area contributed by atoms with Crippen molar-refractivity contribution in [2.24, 2.45) is 0 Å². The summed E-state index contributed by atoms with van der Waals surface area (Å²) < 4.78 is 5.46. The Labute approximate surface area is 115 Å². The molecule has 0 saturated carbocycles. The number of likely N-dealkylation sites (N-methyl/N-ethyl adjacent to an activating group) is 1. The summed E-state index contributed by atoms with van der Waals surface area (Å²) >= 11 is 0. The third-order valence-corrected chi connectivity index (χ3v) is 3.84. The fraction of sp³-hybridized carbons (Fsp3) is 0.600. The van der Waals surface area contributed by atoms with Gasteiger partial charge >= 0.3 is 0 Å². The van der Waals surface area contributed by atoms with Crippen LogP contribution in [0.3, 0.4) is 0 Å². The van der Waals surface area contributed by atoms with Gasteiger partial charge in [-0.3, -0.25) is 4.90 Å². The van der Waals surface area contributed by atoms with E-state index in [1.54, 1.807) is 0 Å². The molecule has 0 spiro atoms. The molecule has 4 nitrogen and oxygen atoms in total. The second-order valence-electron chi connectivity index (χ2n) is 5.20. The average molecular weight is 264 g/mol. The normalized spacial score (nSPS) is 24.5. The summed E-state index contributed by atoms with van der Waals surface area (Å²) in [6, 6.07) is 8.80. The minimum atomic E-state index is 0.166. The van der Waals surface area contributed by atoms with Gasteiger partial charge in [0, 0.05) is 24.8 Å². The van der Waals surface area contributed by atoms with Gasteiger partial charge in [-0.2, -0.15) is 0 Å². The van der Waals surface area contributed by atoms with E-state index in [9.17, 15) is 5.11 Å². The van der Waals surface area contributed by atoms with Gasteiger partial charge in [0.1, 0.15) is 5.75 Å². The fourth-order valence-electron chi connectivity index (χ4n) is 2.56. The van der Waals surface area contributed by atoms with Gasteiger partial charge in [-0.1, -0.05) is 0 Å². The monoisotopic (exact) mass is 264 g/mol. The van der Waals surface area contributed by atoms with Gasteiger partial charge in [0.25, 0.3) is 0 Å². The van der Waals surface area contributed by atoms with E-state index in [0.717, 1.165) is 24.5 Å². The summed E-state index contributed by atoms with van der Waals surface area (Å²) in [5, 5.41) is 9.57. The molecule has 1 N–H and O–H groups in total. The molecule has 0 aliphatic carbocycles. The van der Waals surface area contributed by atoms with E-state index in [-0.39, 0.29) is 12.6 Å². The minimum Gasteiger partial charge on any atom is -0.494 e. The summed E-state index contributed by atoms with van der Waals surface area (Å²) in [6.45, 7) is 6.90. The van der Waals surface area contributed by atoms with Gasteiger partial charge < -0.3 is 14.7 Å². The Morgan fingerprint density at radius 2 is 1.95 bits per heavy atom. The lowest BCUT2D eigenvalue weighted by Crippen LogP contribution is -2.57. The Kier molecular flexibility index (Phi) is 4.66. The zero-order valence-electron chi connectivity index (χ0n) is 12.0. The average Bonchev–Trinajstić information content (AvgIpc) is 2.43. The van der Waals surface area contributed by atoms with Crippen molar-refractivity contribution in [3.8, 4) is 5.75 Å². The lowest BCUT2D eigenvalue weighted by atomic mass is 10.1. The Morgan fingerprint density at radius 3 is 2.53 bits per heavy atom. The molecule has 1 saturated heterocycles. The van der Waals surface area contributed by atoms with Crippen LogP contribution in [0.1, 0.15) is 13.8 Å². The molecule has 1 fully saturated rings. The predicted octanol–water partition coefficient (Wildman–Crippen LogP) is 1.59. The lowest BCUT2D eigenvalue weighted by Gasteiger charge is -2.44. The van der Waals surface area contributed by atoms with Crippen LogP contribution in [0.25, 0.3) is 0 Å². The van der Waals surface area contributed by atoms with Crippen molar-refractivity contribution >= 4 is 5.69 Å². The van der Waals surface area contributed by atoms with E-state index in [1.807, 2.05) is 19.1 Å². The predicted molar refractivity (Wildman–Crippen MR) is 77.9 cm³/mol. The molecule has 2 unspecified atom stereocenters. The van der Waals surface area contributed by atoms with Gasteiger partial charge in [-0.25, -0.2) is 0 Å². The number of hydrogen-bond donors (Lipinski definition) is 1. The third-order valence-electron chi connectivity index (χ3n) is 3.84. The summed E-state index contributed by atoms with van der Waals surface area (Å²) in [4.78, 5) is 4.59. The second-order valence-corrected chi connectivity index (χ2v) is 5.20. The first-order chi connectivity index (χ1) is 9.15. The number of benzene rings is 1. The number of nitrogens with zero attached hydrogens (tertiary/aromatic N) is 2. The van der Waals surface area contributed by atoms with E-state index in [0.29, 0.717) is 12.6 Å². The van der Waals surface area contributed by atoms with Gasteiger partial charge in [0.2, 0.25) is 0 Å². The van der Waals surface area contributed by atoms with Crippen LogP contribution in [-0.4, -0.2) is 55.4 Å². The quantitative estimate of drug-likeness (QED) is 0.896. The molecule has 4 heteroatoms. The number of ether oxygens (including phenoxy) is 1. The fourth-order valence-corrected chi connectivity index (χ4v) is 2.56. The van der Waals surface area contributed by atoms with E-state index < -0.39 is 0 Å². The topological polar surface area (TPSA) is 35.9 Å². The maximum atomic E-state index is 9.57. The summed E-state index contributed by atoms with van der Waals surface area (Å²) in [5.41, 5.74) is 1.16. The molecule has 2 rings (SSSR count). The van der Waals surface area contributed by atoms with Crippen LogP contribution in [0.15, 0.2) is 24.3 Å². The number of anilines is 1. The van der Waals surface area contributed by atoms with E-state index in [2.05, 4.69) is 35.9 Å². The molecule has 0 bridgehead atoms. The Hall–Kier alpha value is -1.26. The molecule has 2 atom stereocenters. The molecule has 0 aromatic heterocycles. The highest BCUT2D eigenvalue weighted by Crippen LogP contribution is 2.25. The maximum absolute atomic E-state index is 9.57. The lowest BCUT2D eigenvalue weighted by molar-refractivity contribution is 0.155. The summed E-state index contributed by atoms with van der Waals surface area (Å²) in [6.07, 6.45) is 0. The van der Waals surface area contributed by atoms with E-state index >= 15 is 0 Å². The first kappa shape index (κ1) is 14.2. The van der Waals surface area contributed by atoms with Gasteiger partial charge in [0.15, 0.2) is 0 Å². The molecule has 19 heavy (non-hydrogen) atoms. The SMILES string of the molecule is CCOc1ccc(N2CC(C)N(C)CC2CO)cc1. The second kappa shape index (κ2) is 6.26. The molecule has 0 amide bonds. The van der Waals surface area contributed by atoms with Crippen molar-refractivity contribution in [3.63, 3.8) is 0 Å². The van der Waals surface area contributed by atoms with Crippen LogP contribution in [0, 0.1) is 0 Å². The van der Waals surface area contributed by atoms with Crippen LogP contribution >= 0.6 is 0 Å². The number of aliphatic hydroxyl groups is 1. The van der Waals surface area contributed by atoms with Crippen LogP contribution in [-0.2, 0) is 0 Å². The van der Waals surface area contributed by atoms with Crippen molar-refractivity contribution in [2.45, 2.75) is 25.9 Å². The highest BCUT2D eigenvalue weighted by Gasteiger charge is 2.29. The van der Waals surface area contributed by atoms with Crippen LogP contribution in [0.5, 0.6) is 5.75 Å². The van der Waals surface area contributed by atoms with Crippen molar-refractivity contribution in [2.75, 3.05) is 38.3 Å². The number of rotatable bonds is 4. The minimum absolute atomic E-state index is 0.166. The first-order valence-electron chi connectivity index (χ1n) is 6.96. The molecular formula is C15H24N2O2. The van der Waals surface area contributed by atoms with Crippen molar-refractivity contribution < 1.29 is 9.84 Å². The van der Waals surface area contributed by atoms with Crippen molar-refractivity contribution in [3.05, 3.63) is 24.3 Å². The smallest absolute Gasteiger partial charge is 0.119 e. The van der Waals surface area contributed by atoms with Gasteiger partial charge in [0.05, 0.1) is 19.3 Å². The molecule has 0 radical (unpaired) electrons. The molecule has 1 heterocycles. The van der Waals surface area contributed by atoms with Gasteiger partial charge in [-0.05, 0) is 45.2 Å². The van der Waals surface area contributed by atoms with E-state index in [4.69, 9.17) is 4.74 Å². The van der Waals surface area contributed by atoms with Crippen LogP contribution in [0.4, 0.5) is 5.69 Å². The number of piperazine rings is 1. The third kappa shape index (κ3) is 3.19. The molecule has 1 aromatic rings. The zero-order chi connectivity index (χ0) is 13.8. The summed E-state index contributed by atoms with van der Waals surface area (Å²) in [5.74, 6) is 0.897. The number of hydrogen-bond acceptors (Lipinski definition) is 4. The summed E-state index contributed by atoms with van der Waals surface area (Å²) in [7, 11) is 2.11. The number of aliphatic hydroxyl groups excluding tert-OH is 1. The van der Waals surface area contributed by atoms with Crippen LogP contribution in [0.2, 0.25) is 0 Å². The first-order valence-corrected chi connectivity index (χ1v) is 6.96. The Balaban J connectivity index is 2.14. The molecule has 106 valence electrons. The highest BCUT2D eigenvalue weighted by atomic mass is 16.5. The molecular weight excluding hydrogens is 240 g/mol. The highest BCUT2D eigenvalue weighted by molar-refractivity contribution is 5.50. The standard InChI is InChI=1S/C15H24N2O2/c1-4-19-15-7-5-13(6-8-15)17-9-12(2)16(3)10-14(17)11-18/h5-8,12,14,18H,4,9-11H2,1-3H3. The molecule has 1 aromatic carbocycles. The van der Waals surface area contributed by atoms with Gasteiger partial charge in [-0.15, -0.1) is 0 Å². The zero-order valence-corrected chi connectivity index (χ0v) is 12.0. The molecule has 1 aliphatic heterocycles. The largest absolute Gasteiger partial charge is 0.494 e. The Morgan fingerprint density at radius 1 is 1.26 bits per heavy atom. The molecule has 1 aliphatic rings. The Bertz CT molecular complexity index is 394.